The van der Waals surface area contributed by atoms with E-state index in [9.17, 15) is 0 Å². The van der Waals surface area contributed by atoms with Gasteiger partial charge in [0.2, 0.25) is 0 Å². The number of hydrogen-bond donors (Lipinski definition) is 0. The van der Waals surface area contributed by atoms with Crippen LogP contribution in [0, 0.1) is 0 Å². The molecular formula is C39H24N2S2. The van der Waals surface area contributed by atoms with Crippen LogP contribution in [-0.2, 0) is 0 Å². The van der Waals surface area contributed by atoms with Crippen LogP contribution in [-0.4, -0.2) is 4.98 Å². The Bertz CT molecular complexity index is 2450. The average Bonchev–Trinajstić information content (AvgIpc) is 3.62. The highest BCUT2D eigenvalue weighted by Crippen LogP contribution is 2.47. The van der Waals surface area contributed by atoms with Gasteiger partial charge in [-0.25, -0.2) is 0 Å². The third-order valence-corrected chi connectivity index (χ3v) is 10.5. The van der Waals surface area contributed by atoms with E-state index >= 15 is 0 Å². The van der Waals surface area contributed by atoms with Crippen molar-refractivity contribution in [1.82, 2.24) is 4.98 Å². The van der Waals surface area contributed by atoms with Gasteiger partial charge in [-0.15, -0.1) is 22.7 Å². The second-order valence-corrected chi connectivity index (χ2v) is 13.0. The number of fused-ring (bicyclic) bond motifs is 7. The van der Waals surface area contributed by atoms with Gasteiger partial charge in [-0.1, -0.05) is 78.9 Å². The van der Waals surface area contributed by atoms with Crippen LogP contribution in [0.1, 0.15) is 0 Å². The monoisotopic (exact) mass is 584 g/mol. The zero-order chi connectivity index (χ0) is 28.3. The summed E-state index contributed by atoms with van der Waals surface area (Å²) in [7, 11) is 0. The van der Waals surface area contributed by atoms with Crippen molar-refractivity contribution in [3.8, 4) is 11.1 Å². The second-order valence-electron chi connectivity index (χ2n) is 10.8. The van der Waals surface area contributed by atoms with Gasteiger partial charge in [0, 0.05) is 63.3 Å². The lowest BCUT2D eigenvalue weighted by atomic mass is 10.0. The van der Waals surface area contributed by atoms with E-state index in [1.165, 1.54) is 57.2 Å². The molecule has 0 aliphatic rings. The van der Waals surface area contributed by atoms with Gasteiger partial charge in [0.1, 0.15) is 0 Å². The molecule has 3 heterocycles. The van der Waals surface area contributed by atoms with Gasteiger partial charge in [-0.3, -0.25) is 4.98 Å². The summed E-state index contributed by atoms with van der Waals surface area (Å²) in [5, 5.41) is 6.33. The van der Waals surface area contributed by atoms with Crippen molar-refractivity contribution in [3.63, 3.8) is 0 Å². The summed E-state index contributed by atoms with van der Waals surface area (Å²) in [5.41, 5.74) is 6.93. The molecule has 0 aliphatic carbocycles. The Morgan fingerprint density at radius 3 is 2.09 bits per heavy atom. The molecule has 0 N–H and O–H groups in total. The van der Waals surface area contributed by atoms with Crippen molar-refractivity contribution in [1.29, 1.82) is 0 Å². The number of pyridine rings is 1. The van der Waals surface area contributed by atoms with Crippen molar-refractivity contribution in [2.24, 2.45) is 0 Å². The SMILES string of the molecule is c1ccc(-c2ccc(N(c3ccc4c(c3)sc3ccccc34)c3cccc4sc5cc6ncccc6cc5c34)cc2)cc1. The number of hydrogen-bond acceptors (Lipinski definition) is 4. The van der Waals surface area contributed by atoms with E-state index in [4.69, 9.17) is 0 Å². The molecule has 0 radical (unpaired) electrons. The molecule has 202 valence electrons. The van der Waals surface area contributed by atoms with E-state index in [-0.39, 0.29) is 0 Å². The summed E-state index contributed by atoms with van der Waals surface area (Å²) in [6.45, 7) is 0. The Kier molecular flexibility index (Phi) is 5.58. The molecule has 0 amide bonds. The van der Waals surface area contributed by atoms with Crippen molar-refractivity contribution in [2.45, 2.75) is 0 Å². The lowest BCUT2D eigenvalue weighted by Crippen LogP contribution is -2.10. The number of anilines is 3. The lowest BCUT2D eigenvalue weighted by molar-refractivity contribution is 1.31. The quantitative estimate of drug-likeness (QED) is 0.205. The third kappa shape index (κ3) is 4.03. The molecule has 9 aromatic rings. The van der Waals surface area contributed by atoms with Gasteiger partial charge in [-0.05, 0) is 71.8 Å². The molecule has 3 aromatic heterocycles. The van der Waals surface area contributed by atoms with Crippen molar-refractivity contribution in [2.75, 3.05) is 4.90 Å². The molecule has 0 unspecified atom stereocenters. The minimum Gasteiger partial charge on any atom is -0.310 e. The third-order valence-electron chi connectivity index (χ3n) is 8.29. The van der Waals surface area contributed by atoms with Crippen molar-refractivity contribution >= 4 is 91.0 Å². The summed E-state index contributed by atoms with van der Waals surface area (Å²) >= 11 is 3.70. The van der Waals surface area contributed by atoms with E-state index in [0.717, 1.165) is 22.3 Å². The topological polar surface area (TPSA) is 16.1 Å². The Morgan fingerprint density at radius 1 is 0.465 bits per heavy atom. The minimum atomic E-state index is 1.03. The zero-order valence-electron chi connectivity index (χ0n) is 23.1. The standard InChI is InChI=1S/C39H24N2S2/c1-2-8-25(9-3-1)26-15-17-28(18-16-26)41(29-19-20-31-30-11-4-5-13-35(30)42-37(31)23-29)34-12-6-14-36-39(34)32-22-27-10-7-21-40-33(27)24-38(32)43-36/h1-24H. The molecule has 0 fully saturated rings. The van der Waals surface area contributed by atoms with Gasteiger partial charge < -0.3 is 4.90 Å². The highest BCUT2D eigenvalue weighted by molar-refractivity contribution is 7.26. The maximum atomic E-state index is 4.63. The first-order chi connectivity index (χ1) is 21.3. The fourth-order valence-corrected chi connectivity index (χ4v) is 8.56. The van der Waals surface area contributed by atoms with Crippen LogP contribution in [0.15, 0.2) is 146 Å². The maximum absolute atomic E-state index is 4.63. The van der Waals surface area contributed by atoms with Crippen LogP contribution in [0.5, 0.6) is 0 Å². The molecular weight excluding hydrogens is 561 g/mol. The molecule has 0 bridgehead atoms. The van der Waals surface area contributed by atoms with Gasteiger partial charge in [0.05, 0.1) is 11.2 Å². The number of benzene rings is 6. The number of thiophene rings is 2. The summed E-state index contributed by atoms with van der Waals surface area (Å²) in [5.74, 6) is 0. The van der Waals surface area contributed by atoms with E-state index in [2.05, 4.69) is 143 Å². The van der Waals surface area contributed by atoms with Crippen LogP contribution in [0.2, 0.25) is 0 Å². The second kappa shape index (κ2) is 9.77. The molecule has 6 aromatic carbocycles. The van der Waals surface area contributed by atoms with E-state index in [0.29, 0.717) is 0 Å². The Labute approximate surface area is 256 Å². The van der Waals surface area contributed by atoms with Gasteiger partial charge in [0.25, 0.3) is 0 Å². The minimum absolute atomic E-state index is 1.03. The maximum Gasteiger partial charge on any atom is 0.0716 e. The average molecular weight is 585 g/mol. The largest absolute Gasteiger partial charge is 0.310 e. The van der Waals surface area contributed by atoms with Gasteiger partial charge in [-0.2, -0.15) is 0 Å². The van der Waals surface area contributed by atoms with Crippen LogP contribution in [0.4, 0.5) is 17.1 Å². The highest BCUT2D eigenvalue weighted by atomic mass is 32.1. The fraction of sp³-hybridized carbons (Fsp3) is 0. The summed E-state index contributed by atoms with van der Waals surface area (Å²) < 4.78 is 5.15. The number of nitrogens with zero attached hydrogens (tertiary/aromatic N) is 2. The van der Waals surface area contributed by atoms with Gasteiger partial charge >= 0.3 is 0 Å². The van der Waals surface area contributed by atoms with Crippen LogP contribution >= 0.6 is 22.7 Å². The van der Waals surface area contributed by atoms with E-state index in [1.807, 2.05) is 34.9 Å². The van der Waals surface area contributed by atoms with E-state index < -0.39 is 0 Å². The summed E-state index contributed by atoms with van der Waals surface area (Å²) in [6, 6.07) is 50.6. The predicted molar refractivity (Wildman–Crippen MR) is 188 cm³/mol. The number of rotatable bonds is 4. The Hall–Kier alpha value is -5.03. The lowest BCUT2D eigenvalue weighted by Gasteiger charge is -2.27. The first-order valence-electron chi connectivity index (χ1n) is 14.4. The summed E-state index contributed by atoms with van der Waals surface area (Å²) in [6.07, 6.45) is 1.87. The Balaban J connectivity index is 1.30. The molecule has 0 aliphatic heterocycles. The molecule has 0 spiro atoms. The van der Waals surface area contributed by atoms with Crippen molar-refractivity contribution < 1.29 is 0 Å². The zero-order valence-corrected chi connectivity index (χ0v) is 24.7. The molecule has 4 heteroatoms. The first kappa shape index (κ1) is 24.6. The predicted octanol–water partition coefficient (Wildman–Crippen LogP) is 12.1. The molecule has 0 saturated heterocycles. The van der Waals surface area contributed by atoms with Gasteiger partial charge in [0.15, 0.2) is 0 Å². The van der Waals surface area contributed by atoms with E-state index in [1.54, 1.807) is 0 Å². The van der Waals surface area contributed by atoms with Crippen LogP contribution in [0.25, 0.3) is 62.4 Å². The molecule has 9 rings (SSSR count). The van der Waals surface area contributed by atoms with Crippen LogP contribution < -0.4 is 4.90 Å². The molecule has 43 heavy (non-hydrogen) atoms. The molecule has 0 saturated carbocycles. The summed E-state index contributed by atoms with van der Waals surface area (Å²) in [4.78, 5) is 7.06. The molecule has 0 atom stereocenters. The first-order valence-corrected chi connectivity index (χ1v) is 16.0. The number of aromatic nitrogens is 1. The van der Waals surface area contributed by atoms with Crippen LogP contribution in [0.3, 0.4) is 0 Å². The molecule has 2 nitrogen and oxygen atoms in total. The van der Waals surface area contributed by atoms with Crippen molar-refractivity contribution in [3.05, 3.63) is 146 Å². The smallest absolute Gasteiger partial charge is 0.0716 e. The highest BCUT2D eigenvalue weighted by Gasteiger charge is 2.20. The Morgan fingerprint density at radius 2 is 1.19 bits per heavy atom. The fourth-order valence-electron chi connectivity index (χ4n) is 6.28. The normalized spacial score (nSPS) is 11.7.